The lowest BCUT2D eigenvalue weighted by atomic mass is 10.0. The summed E-state index contributed by atoms with van der Waals surface area (Å²) in [6.07, 6.45) is 0. The maximum Gasteiger partial charge on any atom is 0.0963 e. The molecule has 1 heterocycles. The fraction of sp³-hybridized carbons (Fsp3) is 0.0455. The van der Waals surface area contributed by atoms with Gasteiger partial charge >= 0.3 is 0 Å². The van der Waals surface area contributed by atoms with Crippen molar-refractivity contribution in [2.75, 3.05) is 0 Å². The second kappa shape index (κ2) is 8.03. The van der Waals surface area contributed by atoms with E-state index < -0.39 is 0 Å². The highest BCUT2D eigenvalue weighted by Gasteiger charge is 2.19. The minimum Gasteiger partial charge on any atom is -0.232 e. The van der Waals surface area contributed by atoms with Crippen molar-refractivity contribution in [2.45, 2.75) is 6.92 Å². The van der Waals surface area contributed by atoms with E-state index in [-0.39, 0.29) is 0 Å². The number of halogens is 4. The van der Waals surface area contributed by atoms with Gasteiger partial charge in [-0.05, 0) is 49.4 Å². The van der Waals surface area contributed by atoms with E-state index in [0.29, 0.717) is 10.0 Å². The molecule has 0 fully saturated rings. The van der Waals surface area contributed by atoms with Crippen LogP contribution in [0.2, 0.25) is 10.0 Å². The fourth-order valence-corrected chi connectivity index (χ4v) is 3.95. The molecule has 4 aromatic rings. The van der Waals surface area contributed by atoms with Gasteiger partial charge in [0.25, 0.3) is 0 Å². The average Bonchev–Trinajstić information content (AvgIpc) is 3.02. The lowest BCUT2D eigenvalue weighted by molar-refractivity contribution is 0.891. The number of rotatable bonds is 3. The van der Waals surface area contributed by atoms with Crippen LogP contribution in [0.5, 0.6) is 0 Å². The molecule has 0 atom stereocenters. The van der Waals surface area contributed by atoms with Crippen LogP contribution in [0.1, 0.15) is 5.56 Å². The summed E-state index contributed by atoms with van der Waals surface area (Å²) < 4.78 is 3.99. The second-order valence-electron chi connectivity index (χ2n) is 6.35. The third-order valence-corrected chi connectivity index (χ3v) is 6.30. The van der Waals surface area contributed by atoms with Crippen LogP contribution >= 0.6 is 55.1 Å². The Morgan fingerprint density at radius 2 is 1.32 bits per heavy atom. The fourth-order valence-electron chi connectivity index (χ4n) is 3.13. The van der Waals surface area contributed by atoms with E-state index in [2.05, 4.69) is 63.0 Å². The minimum absolute atomic E-state index is 0.499. The molecule has 3 aromatic carbocycles. The largest absolute Gasteiger partial charge is 0.232 e. The van der Waals surface area contributed by atoms with Gasteiger partial charge in [-0.2, -0.15) is 5.10 Å². The number of hydrogen-bond donors (Lipinski definition) is 0. The molecule has 28 heavy (non-hydrogen) atoms. The first kappa shape index (κ1) is 19.7. The topological polar surface area (TPSA) is 17.8 Å². The van der Waals surface area contributed by atoms with E-state index in [1.165, 1.54) is 0 Å². The van der Waals surface area contributed by atoms with Crippen molar-refractivity contribution < 1.29 is 0 Å². The molecule has 1 aromatic heterocycles. The van der Waals surface area contributed by atoms with Gasteiger partial charge in [0.2, 0.25) is 0 Å². The first-order chi connectivity index (χ1) is 13.4. The van der Waals surface area contributed by atoms with Gasteiger partial charge in [-0.25, -0.2) is 4.68 Å². The van der Waals surface area contributed by atoms with E-state index >= 15 is 0 Å². The lowest BCUT2D eigenvalue weighted by Crippen LogP contribution is -1.99. The van der Waals surface area contributed by atoms with Crippen LogP contribution in [0.25, 0.3) is 28.2 Å². The van der Waals surface area contributed by atoms with Crippen LogP contribution in [0, 0.1) is 6.92 Å². The normalized spacial score (nSPS) is 11.0. The molecule has 0 N–H and O–H groups in total. The van der Waals surface area contributed by atoms with Crippen LogP contribution in [-0.2, 0) is 0 Å². The molecule has 140 valence electrons. The van der Waals surface area contributed by atoms with Crippen molar-refractivity contribution in [1.29, 1.82) is 0 Å². The summed E-state index contributed by atoms with van der Waals surface area (Å²) in [5.74, 6) is 0. The average molecular weight is 537 g/mol. The van der Waals surface area contributed by atoms with Gasteiger partial charge in [-0.15, -0.1) is 0 Å². The number of aromatic nitrogens is 2. The van der Waals surface area contributed by atoms with Gasteiger partial charge in [0, 0.05) is 25.6 Å². The van der Waals surface area contributed by atoms with Crippen molar-refractivity contribution in [2.24, 2.45) is 0 Å². The van der Waals surface area contributed by atoms with Crippen LogP contribution < -0.4 is 0 Å². The van der Waals surface area contributed by atoms with Crippen molar-refractivity contribution in [3.63, 3.8) is 0 Å². The number of nitrogens with zero attached hydrogens (tertiary/aromatic N) is 2. The molecular weight excluding hydrogens is 523 g/mol. The molecule has 0 bridgehead atoms. The van der Waals surface area contributed by atoms with Gasteiger partial charge in [0.1, 0.15) is 0 Å². The molecule has 0 aliphatic heterocycles. The van der Waals surface area contributed by atoms with E-state index in [4.69, 9.17) is 28.3 Å². The van der Waals surface area contributed by atoms with E-state index in [9.17, 15) is 0 Å². The summed E-state index contributed by atoms with van der Waals surface area (Å²) in [7, 11) is 0. The molecule has 0 aliphatic carbocycles. The van der Waals surface area contributed by atoms with Gasteiger partial charge < -0.3 is 0 Å². The molecule has 0 radical (unpaired) electrons. The summed E-state index contributed by atoms with van der Waals surface area (Å²) >= 11 is 19.4. The highest BCUT2D eigenvalue weighted by molar-refractivity contribution is 9.10. The summed E-state index contributed by atoms with van der Waals surface area (Å²) in [4.78, 5) is 0. The maximum atomic E-state index is 6.28. The monoisotopic (exact) mass is 534 g/mol. The number of benzene rings is 3. The Labute approximate surface area is 190 Å². The molecular formula is C22H14Br2Cl2N2. The van der Waals surface area contributed by atoms with Gasteiger partial charge in [-0.1, -0.05) is 79.3 Å². The van der Waals surface area contributed by atoms with Crippen molar-refractivity contribution >= 4 is 55.1 Å². The van der Waals surface area contributed by atoms with E-state index in [1.807, 2.05) is 41.1 Å². The smallest absolute Gasteiger partial charge is 0.0963 e. The van der Waals surface area contributed by atoms with Crippen LogP contribution in [0.3, 0.4) is 0 Å². The molecule has 0 unspecified atom stereocenters. The van der Waals surface area contributed by atoms with Crippen LogP contribution in [0.15, 0.2) is 75.7 Å². The second-order valence-corrected chi connectivity index (χ2v) is 8.99. The highest BCUT2D eigenvalue weighted by Crippen LogP contribution is 2.35. The zero-order valence-electron chi connectivity index (χ0n) is 14.8. The Kier molecular flexibility index (Phi) is 5.66. The summed E-state index contributed by atoms with van der Waals surface area (Å²) in [6.45, 7) is 2.09. The first-order valence-electron chi connectivity index (χ1n) is 8.51. The maximum absolute atomic E-state index is 6.28. The molecule has 0 aliphatic rings. The molecule has 0 amide bonds. The quantitative estimate of drug-likeness (QED) is 0.257. The molecule has 0 saturated carbocycles. The third kappa shape index (κ3) is 3.79. The molecule has 0 saturated heterocycles. The Balaban J connectivity index is 1.97. The van der Waals surface area contributed by atoms with Crippen molar-refractivity contribution in [1.82, 2.24) is 9.78 Å². The lowest BCUT2D eigenvalue weighted by Gasteiger charge is -2.10. The first-order valence-corrected chi connectivity index (χ1v) is 10.8. The van der Waals surface area contributed by atoms with Crippen molar-refractivity contribution in [3.8, 4) is 28.2 Å². The van der Waals surface area contributed by atoms with E-state index in [1.54, 1.807) is 6.07 Å². The van der Waals surface area contributed by atoms with Crippen LogP contribution in [-0.4, -0.2) is 9.78 Å². The van der Waals surface area contributed by atoms with E-state index in [0.717, 1.165) is 42.7 Å². The Hall–Kier alpha value is -1.59. The summed E-state index contributed by atoms with van der Waals surface area (Å²) in [5.41, 5.74) is 6.02. The van der Waals surface area contributed by atoms with Crippen LogP contribution in [0.4, 0.5) is 0 Å². The number of hydrogen-bond acceptors (Lipinski definition) is 1. The minimum atomic E-state index is 0.499. The Morgan fingerprint density at radius 1 is 0.750 bits per heavy atom. The zero-order valence-corrected chi connectivity index (χ0v) is 19.4. The van der Waals surface area contributed by atoms with Gasteiger partial charge in [0.15, 0.2) is 0 Å². The molecule has 4 rings (SSSR count). The SMILES string of the molecule is Cc1c(-c2ccc(Br)cc2)nn(-c2ccc(Cl)c(Cl)c2)c1-c1ccc(Br)cc1. The molecule has 0 spiro atoms. The predicted octanol–water partition coefficient (Wildman–Crippen LogP) is 8.35. The standard InChI is InChI=1S/C22H14Br2Cl2N2/c1-13-21(14-2-6-16(23)7-3-14)27-28(18-10-11-19(25)20(26)12-18)22(13)15-4-8-17(24)9-5-15/h2-12H,1H3. The van der Waals surface area contributed by atoms with Gasteiger partial charge in [-0.3, -0.25) is 0 Å². The van der Waals surface area contributed by atoms with Gasteiger partial charge in [0.05, 0.1) is 27.1 Å². The Morgan fingerprint density at radius 3 is 1.89 bits per heavy atom. The zero-order chi connectivity index (χ0) is 19.8. The molecule has 2 nitrogen and oxygen atoms in total. The predicted molar refractivity (Wildman–Crippen MR) is 125 cm³/mol. The highest BCUT2D eigenvalue weighted by atomic mass is 79.9. The summed E-state index contributed by atoms with van der Waals surface area (Å²) in [6, 6.07) is 21.9. The Bertz CT molecular complexity index is 1150. The molecule has 6 heteroatoms. The third-order valence-electron chi connectivity index (χ3n) is 4.51. The summed E-state index contributed by atoms with van der Waals surface area (Å²) in [5, 5.41) is 5.96. The van der Waals surface area contributed by atoms with Crippen molar-refractivity contribution in [3.05, 3.63) is 91.3 Å².